The van der Waals surface area contributed by atoms with Gasteiger partial charge in [-0.3, -0.25) is 9.59 Å². The Labute approximate surface area is 146 Å². The maximum atomic E-state index is 12.3. The molecule has 1 aliphatic heterocycles. The van der Waals surface area contributed by atoms with Crippen LogP contribution < -0.4 is 0 Å². The van der Waals surface area contributed by atoms with Gasteiger partial charge in [0.2, 0.25) is 0 Å². The lowest BCUT2D eigenvalue weighted by atomic mass is 9.77. The molecule has 5 heteroatoms. The van der Waals surface area contributed by atoms with Crippen molar-refractivity contribution < 1.29 is 9.59 Å². The summed E-state index contributed by atoms with van der Waals surface area (Å²) in [6.45, 7) is 6.78. The summed E-state index contributed by atoms with van der Waals surface area (Å²) in [5.41, 5.74) is 3.48. The van der Waals surface area contributed by atoms with E-state index in [1.807, 2.05) is 31.9 Å². The first kappa shape index (κ1) is 17.8. The number of carbonyl (C=O) groups is 2. The van der Waals surface area contributed by atoms with Crippen LogP contribution in [0.5, 0.6) is 0 Å². The normalized spacial score (nSPS) is 16.2. The third-order valence-electron chi connectivity index (χ3n) is 4.41. The van der Waals surface area contributed by atoms with Gasteiger partial charge in [0.1, 0.15) is 0 Å². The molecule has 0 amide bonds. The molecule has 0 atom stereocenters. The largest absolute Gasteiger partial charge is 0.351 e. The summed E-state index contributed by atoms with van der Waals surface area (Å²) in [4.78, 5) is 26.5. The lowest BCUT2D eigenvalue weighted by Crippen LogP contribution is -2.31. The molecule has 0 radical (unpaired) electrons. The van der Waals surface area contributed by atoms with Crippen molar-refractivity contribution in [1.29, 1.82) is 0 Å². The number of benzene rings is 1. The highest BCUT2D eigenvalue weighted by Crippen LogP contribution is 2.45. The zero-order valence-corrected chi connectivity index (χ0v) is 15.3. The highest BCUT2D eigenvalue weighted by molar-refractivity contribution is 6.42. The molecule has 122 valence electrons. The molecular formula is C18H19Cl2NO2. The van der Waals surface area contributed by atoms with Gasteiger partial charge in [0.05, 0.1) is 10.0 Å². The van der Waals surface area contributed by atoms with Crippen molar-refractivity contribution in [1.82, 2.24) is 4.90 Å². The monoisotopic (exact) mass is 351 g/mol. The van der Waals surface area contributed by atoms with Crippen molar-refractivity contribution in [2.75, 3.05) is 7.05 Å². The van der Waals surface area contributed by atoms with Gasteiger partial charge in [-0.25, -0.2) is 0 Å². The summed E-state index contributed by atoms with van der Waals surface area (Å²) in [7, 11) is 1.85. The van der Waals surface area contributed by atoms with Crippen LogP contribution >= 0.6 is 23.2 Å². The van der Waals surface area contributed by atoms with E-state index in [0.717, 1.165) is 11.4 Å². The van der Waals surface area contributed by atoms with Crippen LogP contribution in [0.2, 0.25) is 10.0 Å². The zero-order valence-electron chi connectivity index (χ0n) is 13.8. The average molecular weight is 352 g/mol. The molecule has 0 unspecified atom stereocenters. The SMILES string of the molecule is CC(=O)C1=C(C)N(C)C(C)=C(C(C)=O)C1c1cccc(Cl)c1Cl. The minimum atomic E-state index is -0.493. The van der Waals surface area contributed by atoms with E-state index in [4.69, 9.17) is 23.2 Å². The number of rotatable bonds is 3. The van der Waals surface area contributed by atoms with Gasteiger partial charge in [-0.1, -0.05) is 35.3 Å². The second kappa shape index (κ2) is 6.50. The predicted molar refractivity (Wildman–Crippen MR) is 93.7 cm³/mol. The van der Waals surface area contributed by atoms with Gasteiger partial charge in [0.15, 0.2) is 11.6 Å². The summed E-state index contributed by atoms with van der Waals surface area (Å²) in [5, 5.41) is 0.783. The van der Waals surface area contributed by atoms with Gasteiger partial charge in [-0.05, 0) is 39.3 Å². The summed E-state index contributed by atoms with van der Waals surface area (Å²) < 4.78 is 0. The predicted octanol–water partition coefficient (Wildman–Crippen LogP) is 4.75. The van der Waals surface area contributed by atoms with Crippen LogP contribution in [0.25, 0.3) is 0 Å². The Balaban J connectivity index is 2.84. The Morgan fingerprint density at radius 3 is 1.91 bits per heavy atom. The van der Waals surface area contributed by atoms with E-state index >= 15 is 0 Å². The van der Waals surface area contributed by atoms with Crippen molar-refractivity contribution in [3.63, 3.8) is 0 Å². The van der Waals surface area contributed by atoms with Crippen molar-refractivity contribution >= 4 is 34.8 Å². The maximum absolute atomic E-state index is 12.3. The quantitative estimate of drug-likeness (QED) is 0.788. The van der Waals surface area contributed by atoms with E-state index < -0.39 is 5.92 Å². The molecule has 1 aromatic carbocycles. The molecule has 0 fully saturated rings. The number of nitrogens with zero attached hydrogens (tertiary/aromatic N) is 1. The molecule has 0 N–H and O–H groups in total. The van der Waals surface area contributed by atoms with Gasteiger partial charge in [0.25, 0.3) is 0 Å². The molecule has 1 aromatic rings. The average Bonchev–Trinajstić information content (AvgIpc) is 2.46. The Morgan fingerprint density at radius 1 is 1.00 bits per heavy atom. The van der Waals surface area contributed by atoms with Crippen LogP contribution in [0.3, 0.4) is 0 Å². The standard InChI is InChI=1S/C18H19Cl2NO2/c1-9-15(11(3)22)17(13-7-6-8-14(19)18(13)20)16(12(4)23)10(2)21(9)5/h6-8,17H,1-5H3. The van der Waals surface area contributed by atoms with Crippen LogP contribution in [0, 0.1) is 0 Å². The number of hydrogen-bond donors (Lipinski definition) is 0. The lowest BCUT2D eigenvalue weighted by Gasteiger charge is -2.36. The molecule has 23 heavy (non-hydrogen) atoms. The molecule has 0 saturated carbocycles. The maximum Gasteiger partial charge on any atom is 0.158 e. The zero-order chi connectivity index (χ0) is 17.5. The third kappa shape index (κ3) is 2.96. The fourth-order valence-corrected chi connectivity index (χ4v) is 3.56. The van der Waals surface area contributed by atoms with Gasteiger partial charge >= 0.3 is 0 Å². The van der Waals surface area contributed by atoms with E-state index in [9.17, 15) is 9.59 Å². The number of halogens is 2. The second-order valence-electron chi connectivity index (χ2n) is 5.75. The molecule has 0 aromatic heterocycles. The van der Waals surface area contributed by atoms with Crippen molar-refractivity contribution in [2.45, 2.75) is 33.6 Å². The van der Waals surface area contributed by atoms with E-state index in [1.165, 1.54) is 13.8 Å². The Morgan fingerprint density at radius 2 is 1.48 bits per heavy atom. The van der Waals surface area contributed by atoms with Crippen LogP contribution in [0.1, 0.15) is 39.2 Å². The van der Waals surface area contributed by atoms with E-state index in [2.05, 4.69) is 0 Å². The first-order valence-corrected chi connectivity index (χ1v) is 8.05. The van der Waals surface area contributed by atoms with Crippen LogP contribution in [-0.2, 0) is 9.59 Å². The molecular weight excluding hydrogens is 333 g/mol. The summed E-state index contributed by atoms with van der Waals surface area (Å²) in [6, 6.07) is 5.29. The smallest absolute Gasteiger partial charge is 0.158 e. The Hall–Kier alpha value is -1.58. The minimum Gasteiger partial charge on any atom is -0.351 e. The van der Waals surface area contributed by atoms with E-state index in [1.54, 1.807) is 12.1 Å². The van der Waals surface area contributed by atoms with Gasteiger partial charge in [-0.15, -0.1) is 0 Å². The Kier molecular flexibility index (Phi) is 5.02. The fraction of sp³-hybridized carbons (Fsp3) is 0.333. The number of carbonyl (C=O) groups excluding carboxylic acids is 2. The molecule has 2 rings (SSSR count). The first-order valence-electron chi connectivity index (χ1n) is 7.29. The highest BCUT2D eigenvalue weighted by Gasteiger charge is 2.36. The van der Waals surface area contributed by atoms with Gasteiger partial charge in [0, 0.05) is 35.5 Å². The molecule has 0 aliphatic carbocycles. The van der Waals surface area contributed by atoms with Crippen molar-refractivity contribution in [2.24, 2.45) is 0 Å². The third-order valence-corrected chi connectivity index (χ3v) is 5.25. The van der Waals surface area contributed by atoms with Crippen LogP contribution in [0.15, 0.2) is 40.7 Å². The fourth-order valence-electron chi connectivity index (χ4n) is 3.15. The van der Waals surface area contributed by atoms with Crippen molar-refractivity contribution in [3.8, 4) is 0 Å². The van der Waals surface area contributed by atoms with Crippen LogP contribution in [-0.4, -0.2) is 23.5 Å². The van der Waals surface area contributed by atoms with Gasteiger partial charge < -0.3 is 4.90 Å². The molecule has 1 aliphatic rings. The van der Waals surface area contributed by atoms with E-state index in [-0.39, 0.29) is 11.6 Å². The lowest BCUT2D eigenvalue weighted by molar-refractivity contribution is -0.114. The summed E-state index contributed by atoms with van der Waals surface area (Å²) in [6.07, 6.45) is 0. The summed E-state index contributed by atoms with van der Waals surface area (Å²) in [5.74, 6) is -0.657. The number of hydrogen-bond acceptors (Lipinski definition) is 3. The summed E-state index contributed by atoms with van der Waals surface area (Å²) >= 11 is 12.5. The molecule has 0 bridgehead atoms. The van der Waals surface area contributed by atoms with Crippen molar-refractivity contribution in [3.05, 3.63) is 56.3 Å². The second-order valence-corrected chi connectivity index (χ2v) is 6.53. The number of ketones is 2. The number of allylic oxidation sites excluding steroid dienone is 4. The number of Topliss-reactive ketones (excluding diaryl/α,β-unsaturated/α-hetero) is 2. The van der Waals surface area contributed by atoms with Crippen LogP contribution in [0.4, 0.5) is 0 Å². The minimum absolute atomic E-state index is 0.0818. The Bertz CT molecular complexity index is 724. The molecule has 3 nitrogen and oxygen atoms in total. The topological polar surface area (TPSA) is 37.4 Å². The van der Waals surface area contributed by atoms with Gasteiger partial charge in [-0.2, -0.15) is 0 Å². The highest BCUT2D eigenvalue weighted by atomic mass is 35.5. The molecule has 1 heterocycles. The first-order chi connectivity index (χ1) is 10.7. The molecule has 0 spiro atoms. The van der Waals surface area contributed by atoms with E-state index in [0.29, 0.717) is 26.8 Å². The molecule has 0 saturated heterocycles.